The van der Waals surface area contributed by atoms with Crippen molar-refractivity contribution in [1.29, 1.82) is 0 Å². The van der Waals surface area contributed by atoms with Gasteiger partial charge in [-0.2, -0.15) is 0 Å². The molecular formula is C18H32N2O. The van der Waals surface area contributed by atoms with Crippen LogP contribution in [0.25, 0.3) is 0 Å². The van der Waals surface area contributed by atoms with Crippen LogP contribution in [-0.2, 0) is 0 Å². The van der Waals surface area contributed by atoms with Gasteiger partial charge in [0.05, 0.1) is 6.10 Å². The molecule has 4 N–H and O–H groups in total. The molecule has 0 heterocycles. The highest BCUT2D eigenvalue weighted by molar-refractivity contribution is 5.41. The van der Waals surface area contributed by atoms with Crippen molar-refractivity contribution in [3.8, 4) is 0 Å². The number of hydrogen-bond acceptors (Lipinski definition) is 3. The number of rotatable bonds is 5. The highest BCUT2D eigenvalue weighted by atomic mass is 16.3. The van der Waals surface area contributed by atoms with Crippen LogP contribution in [0.15, 0.2) is 30.3 Å². The van der Waals surface area contributed by atoms with Crippen molar-refractivity contribution in [2.45, 2.75) is 64.5 Å². The molecule has 2 rings (SSSR count). The molecule has 0 saturated heterocycles. The second-order valence-corrected chi connectivity index (χ2v) is 6.04. The fourth-order valence-corrected chi connectivity index (χ4v) is 2.76. The number of nitrogens with one attached hydrogen (secondary N) is 1. The molecule has 1 aromatic carbocycles. The zero-order chi connectivity index (χ0) is 15.5. The summed E-state index contributed by atoms with van der Waals surface area (Å²) in [6, 6.07) is 10.2. The number of hydrogen-bond donors (Lipinski definition) is 3. The first-order chi connectivity index (χ1) is 10.1. The predicted molar refractivity (Wildman–Crippen MR) is 91.5 cm³/mol. The van der Waals surface area contributed by atoms with Gasteiger partial charge in [0.1, 0.15) is 0 Å². The predicted octanol–water partition coefficient (Wildman–Crippen LogP) is 3.78. The van der Waals surface area contributed by atoms with Crippen molar-refractivity contribution in [3.05, 3.63) is 30.3 Å². The maximum atomic E-state index is 9.23. The number of aliphatic hydroxyl groups is 1. The van der Waals surface area contributed by atoms with Crippen LogP contribution in [0.3, 0.4) is 0 Å². The SMILES string of the molecule is CC(O)[C@@H](N)CC1CCCCC1.CCNc1ccccc1. The van der Waals surface area contributed by atoms with E-state index in [0.29, 0.717) is 0 Å². The van der Waals surface area contributed by atoms with Crippen LogP contribution in [0.4, 0.5) is 5.69 Å². The fraction of sp³-hybridized carbons (Fsp3) is 0.667. The number of aliphatic hydroxyl groups excluding tert-OH is 1. The lowest BCUT2D eigenvalue weighted by Crippen LogP contribution is -2.34. The highest BCUT2D eigenvalue weighted by Crippen LogP contribution is 2.27. The summed E-state index contributed by atoms with van der Waals surface area (Å²) in [4.78, 5) is 0. The van der Waals surface area contributed by atoms with Gasteiger partial charge < -0.3 is 16.2 Å². The van der Waals surface area contributed by atoms with E-state index in [9.17, 15) is 5.11 Å². The van der Waals surface area contributed by atoms with Gasteiger partial charge in [0, 0.05) is 18.3 Å². The summed E-state index contributed by atoms with van der Waals surface area (Å²) in [5, 5.41) is 12.4. The van der Waals surface area contributed by atoms with Gasteiger partial charge in [-0.1, -0.05) is 50.3 Å². The number of nitrogens with two attached hydrogens (primary N) is 1. The van der Waals surface area contributed by atoms with Crippen LogP contribution >= 0.6 is 0 Å². The first-order valence-electron chi connectivity index (χ1n) is 8.36. The molecule has 0 radical (unpaired) electrons. The summed E-state index contributed by atoms with van der Waals surface area (Å²) in [6.07, 6.45) is 7.42. The molecule has 120 valence electrons. The van der Waals surface area contributed by atoms with Crippen LogP contribution < -0.4 is 11.1 Å². The van der Waals surface area contributed by atoms with Crippen molar-refractivity contribution in [3.63, 3.8) is 0 Å². The molecule has 0 bridgehead atoms. The zero-order valence-corrected chi connectivity index (χ0v) is 13.6. The van der Waals surface area contributed by atoms with Crippen molar-refractivity contribution >= 4 is 5.69 Å². The highest BCUT2D eigenvalue weighted by Gasteiger charge is 2.18. The Bertz CT molecular complexity index is 347. The molecule has 1 aliphatic carbocycles. The number of anilines is 1. The molecule has 1 saturated carbocycles. The van der Waals surface area contributed by atoms with Gasteiger partial charge in [-0.05, 0) is 38.3 Å². The maximum absolute atomic E-state index is 9.23. The summed E-state index contributed by atoms with van der Waals surface area (Å²) in [7, 11) is 0. The Balaban J connectivity index is 0.000000219. The average molecular weight is 292 g/mol. The van der Waals surface area contributed by atoms with Crippen molar-refractivity contribution in [2.24, 2.45) is 11.7 Å². The minimum atomic E-state index is -0.341. The first-order valence-corrected chi connectivity index (χ1v) is 8.36. The zero-order valence-electron chi connectivity index (χ0n) is 13.6. The van der Waals surface area contributed by atoms with Gasteiger partial charge in [0.2, 0.25) is 0 Å². The van der Waals surface area contributed by atoms with Gasteiger partial charge in [0.25, 0.3) is 0 Å². The molecule has 3 heteroatoms. The molecule has 3 nitrogen and oxygen atoms in total. The first kappa shape index (κ1) is 18.0. The van der Waals surface area contributed by atoms with E-state index in [0.717, 1.165) is 18.9 Å². The molecule has 1 aliphatic rings. The molecule has 1 unspecified atom stereocenters. The smallest absolute Gasteiger partial charge is 0.0663 e. The Morgan fingerprint density at radius 1 is 1.19 bits per heavy atom. The van der Waals surface area contributed by atoms with Gasteiger partial charge in [-0.15, -0.1) is 0 Å². The normalized spacial score (nSPS) is 18.3. The topological polar surface area (TPSA) is 58.3 Å². The molecule has 0 aromatic heterocycles. The molecular weight excluding hydrogens is 260 g/mol. The third-order valence-corrected chi connectivity index (χ3v) is 4.10. The van der Waals surface area contributed by atoms with E-state index in [-0.39, 0.29) is 12.1 Å². The summed E-state index contributed by atoms with van der Waals surface area (Å²) in [5.74, 6) is 0.781. The quantitative estimate of drug-likeness (QED) is 0.774. The van der Waals surface area contributed by atoms with Crippen LogP contribution in [-0.4, -0.2) is 23.8 Å². The number of para-hydroxylation sites is 1. The van der Waals surface area contributed by atoms with E-state index < -0.39 is 0 Å². The largest absolute Gasteiger partial charge is 0.392 e. The third-order valence-electron chi connectivity index (χ3n) is 4.10. The van der Waals surface area contributed by atoms with Crippen molar-refractivity contribution in [2.75, 3.05) is 11.9 Å². The average Bonchev–Trinajstić information content (AvgIpc) is 2.50. The summed E-state index contributed by atoms with van der Waals surface area (Å²) in [6.45, 7) is 4.87. The van der Waals surface area contributed by atoms with E-state index in [1.54, 1.807) is 6.92 Å². The summed E-state index contributed by atoms with van der Waals surface area (Å²) >= 11 is 0. The van der Waals surface area contributed by atoms with Gasteiger partial charge in [0.15, 0.2) is 0 Å². The van der Waals surface area contributed by atoms with E-state index in [1.165, 1.54) is 37.8 Å². The Hall–Kier alpha value is -1.06. The maximum Gasteiger partial charge on any atom is 0.0663 e. The van der Waals surface area contributed by atoms with E-state index in [2.05, 4.69) is 24.4 Å². The van der Waals surface area contributed by atoms with Crippen LogP contribution in [0.2, 0.25) is 0 Å². The number of benzene rings is 1. The van der Waals surface area contributed by atoms with Gasteiger partial charge in [-0.25, -0.2) is 0 Å². The van der Waals surface area contributed by atoms with Crippen molar-refractivity contribution in [1.82, 2.24) is 0 Å². The summed E-state index contributed by atoms with van der Waals surface area (Å²) in [5.41, 5.74) is 6.99. The lowest BCUT2D eigenvalue weighted by molar-refractivity contribution is 0.143. The van der Waals surface area contributed by atoms with Gasteiger partial charge >= 0.3 is 0 Å². The standard InChI is InChI=1S/C10H21NO.C8H11N/c1-8(12)10(11)7-9-5-3-2-4-6-9;1-2-9-8-6-4-3-5-7-8/h8-10,12H,2-7,11H2,1H3;3-7,9H,2H2,1H3/t8?,10-;/m0./s1. The van der Waals surface area contributed by atoms with E-state index in [4.69, 9.17) is 5.73 Å². The Labute approximate surface area is 129 Å². The molecule has 1 aromatic rings. The Morgan fingerprint density at radius 2 is 1.81 bits per heavy atom. The van der Waals surface area contributed by atoms with E-state index in [1.807, 2.05) is 18.2 Å². The molecule has 0 aliphatic heterocycles. The summed E-state index contributed by atoms with van der Waals surface area (Å²) < 4.78 is 0. The Morgan fingerprint density at radius 3 is 2.33 bits per heavy atom. The minimum Gasteiger partial charge on any atom is -0.392 e. The van der Waals surface area contributed by atoms with Crippen molar-refractivity contribution < 1.29 is 5.11 Å². The van der Waals surface area contributed by atoms with E-state index >= 15 is 0 Å². The Kier molecular flexibility index (Phi) is 9.11. The lowest BCUT2D eigenvalue weighted by Gasteiger charge is -2.25. The fourth-order valence-electron chi connectivity index (χ4n) is 2.76. The molecule has 1 fully saturated rings. The lowest BCUT2D eigenvalue weighted by atomic mass is 9.84. The second-order valence-electron chi connectivity index (χ2n) is 6.04. The van der Waals surface area contributed by atoms with Gasteiger partial charge in [-0.3, -0.25) is 0 Å². The molecule has 0 spiro atoms. The molecule has 0 amide bonds. The van der Waals surface area contributed by atoms with Crippen LogP contribution in [0.1, 0.15) is 52.4 Å². The second kappa shape index (κ2) is 10.6. The third kappa shape index (κ3) is 8.08. The minimum absolute atomic E-state index is 0.00639. The molecule has 2 atom stereocenters. The van der Waals surface area contributed by atoms with Crippen LogP contribution in [0, 0.1) is 5.92 Å². The molecule has 21 heavy (non-hydrogen) atoms. The van der Waals surface area contributed by atoms with Crippen LogP contribution in [0.5, 0.6) is 0 Å². The monoisotopic (exact) mass is 292 g/mol.